The van der Waals surface area contributed by atoms with Gasteiger partial charge in [-0.3, -0.25) is 9.89 Å². The van der Waals surface area contributed by atoms with Crippen LogP contribution in [0.5, 0.6) is 0 Å². The molecule has 2 N–H and O–H groups in total. The van der Waals surface area contributed by atoms with E-state index in [-0.39, 0.29) is 18.6 Å². The molecule has 5 nitrogen and oxygen atoms in total. The van der Waals surface area contributed by atoms with Crippen LogP contribution in [-0.2, 0) is 0 Å². The molecule has 5 heteroatoms. The third-order valence-electron chi connectivity index (χ3n) is 3.77. The van der Waals surface area contributed by atoms with Crippen molar-refractivity contribution in [2.45, 2.75) is 25.8 Å². The molecular formula is C14H17N3O2. The Hall–Kier alpha value is -1.88. The Kier molecular flexibility index (Phi) is 2.98. The molecule has 0 radical (unpaired) electrons. The van der Waals surface area contributed by atoms with Gasteiger partial charge in [0.25, 0.3) is 5.91 Å². The fourth-order valence-electron chi connectivity index (χ4n) is 2.72. The number of aliphatic hydroxyl groups excluding tert-OH is 1. The van der Waals surface area contributed by atoms with Crippen molar-refractivity contribution in [3.05, 3.63) is 29.5 Å². The third kappa shape index (κ3) is 2.00. The summed E-state index contributed by atoms with van der Waals surface area (Å²) >= 11 is 0. The van der Waals surface area contributed by atoms with E-state index in [1.165, 1.54) is 0 Å². The number of H-pyrrole nitrogens is 1. The average Bonchev–Trinajstić information content (AvgIpc) is 3.03. The van der Waals surface area contributed by atoms with Gasteiger partial charge in [-0.2, -0.15) is 5.10 Å². The number of fused-ring (bicyclic) bond motifs is 1. The number of rotatable bonds is 2. The van der Waals surface area contributed by atoms with E-state index in [0.717, 1.165) is 29.3 Å². The van der Waals surface area contributed by atoms with E-state index in [9.17, 15) is 9.90 Å². The number of aryl methyl sites for hydroxylation is 1. The monoisotopic (exact) mass is 259 g/mol. The van der Waals surface area contributed by atoms with Crippen molar-refractivity contribution in [2.75, 3.05) is 13.2 Å². The number of aliphatic hydroxyl groups is 1. The van der Waals surface area contributed by atoms with Crippen molar-refractivity contribution >= 4 is 16.8 Å². The van der Waals surface area contributed by atoms with E-state index in [0.29, 0.717) is 12.2 Å². The van der Waals surface area contributed by atoms with Crippen molar-refractivity contribution in [3.63, 3.8) is 0 Å². The van der Waals surface area contributed by atoms with Crippen LogP contribution in [0.1, 0.15) is 28.9 Å². The van der Waals surface area contributed by atoms with Crippen molar-refractivity contribution in [1.82, 2.24) is 15.1 Å². The van der Waals surface area contributed by atoms with Crippen LogP contribution in [0.25, 0.3) is 10.9 Å². The molecule has 1 aliphatic heterocycles. The third-order valence-corrected chi connectivity index (χ3v) is 3.77. The molecule has 0 aliphatic carbocycles. The maximum absolute atomic E-state index is 12.5. The Morgan fingerprint density at radius 1 is 1.58 bits per heavy atom. The first-order valence-electron chi connectivity index (χ1n) is 6.57. The number of aromatic amines is 1. The number of nitrogens with one attached hydrogen (secondary N) is 1. The molecule has 1 aromatic carbocycles. The molecule has 1 aliphatic rings. The molecule has 1 saturated heterocycles. The minimum absolute atomic E-state index is 0.0210. The Labute approximate surface area is 111 Å². The average molecular weight is 259 g/mol. The van der Waals surface area contributed by atoms with E-state index in [2.05, 4.69) is 10.2 Å². The van der Waals surface area contributed by atoms with Gasteiger partial charge in [0.15, 0.2) is 5.69 Å². The van der Waals surface area contributed by atoms with Gasteiger partial charge in [0.05, 0.1) is 18.2 Å². The predicted octanol–water partition coefficient (Wildman–Crippen LogP) is 1.47. The molecule has 1 fully saturated rings. The van der Waals surface area contributed by atoms with Crippen LogP contribution >= 0.6 is 0 Å². The van der Waals surface area contributed by atoms with E-state index < -0.39 is 0 Å². The number of nitrogens with zero attached hydrogens (tertiary/aromatic N) is 2. The molecule has 1 aromatic heterocycles. The lowest BCUT2D eigenvalue weighted by Gasteiger charge is -2.22. The maximum Gasteiger partial charge on any atom is 0.275 e. The zero-order valence-electron chi connectivity index (χ0n) is 10.9. The summed E-state index contributed by atoms with van der Waals surface area (Å²) in [6.45, 7) is 2.71. The van der Waals surface area contributed by atoms with Gasteiger partial charge < -0.3 is 10.0 Å². The highest BCUT2D eigenvalue weighted by molar-refractivity contribution is 6.05. The fraction of sp³-hybridized carbons (Fsp3) is 0.429. The van der Waals surface area contributed by atoms with Crippen molar-refractivity contribution in [3.8, 4) is 0 Å². The number of hydrogen-bond acceptors (Lipinski definition) is 3. The maximum atomic E-state index is 12.5. The number of carbonyl (C=O) groups excluding carboxylic acids is 1. The lowest BCUT2D eigenvalue weighted by atomic mass is 10.1. The molecule has 3 rings (SSSR count). The summed E-state index contributed by atoms with van der Waals surface area (Å²) in [6, 6.07) is 5.82. The largest absolute Gasteiger partial charge is 0.394 e. The number of benzene rings is 1. The van der Waals surface area contributed by atoms with Crippen molar-refractivity contribution in [2.24, 2.45) is 0 Å². The van der Waals surface area contributed by atoms with E-state index in [1.807, 2.05) is 25.1 Å². The second-order valence-corrected chi connectivity index (χ2v) is 5.10. The van der Waals surface area contributed by atoms with Crippen LogP contribution in [0.3, 0.4) is 0 Å². The molecule has 1 amide bonds. The van der Waals surface area contributed by atoms with Crippen molar-refractivity contribution < 1.29 is 9.90 Å². The minimum atomic E-state index is -0.0894. The smallest absolute Gasteiger partial charge is 0.275 e. The topological polar surface area (TPSA) is 69.2 Å². The summed E-state index contributed by atoms with van der Waals surface area (Å²) in [4.78, 5) is 14.3. The Bertz CT molecular complexity index is 620. The standard InChI is InChI=1S/C14H17N3O2/c1-9-4-5-12-11(7-9)13(16-15-12)14(19)17-6-2-3-10(17)8-18/h4-5,7,10,18H,2-3,6,8H2,1H3,(H,15,16)/t10-/m0/s1. The lowest BCUT2D eigenvalue weighted by molar-refractivity contribution is 0.0673. The SMILES string of the molecule is Cc1ccc2[nH]nc(C(=O)N3CCC[C@H]3CO)c2c1. The molecule has 0 bridgehead atoms. The first kappa shape index (κ1) is 12.2. The molecular weight excluding hydrogens is 242 g/mol. The number of hydrogen-bond donors (Lipinski definition) is 2. The van der Waals surface area contributed by atoms with Gasteiger partial charge in [-0.25, -0.2) is 0 Å². The number of carbonyl (C=O) groups is 1. The highest BCUT2D eigenvalue weighted by Crippen LogP contribution is 2.23. The zero-order valence-corrected chi connectivity index (χ0v) is 10.9. The zero-order chi connectivity index (χ0) is 13.4. The van der Waals surface area contributed by atoms with Gasteiger partial charge in [-0.05, 0) is 31.9 Å². The first-order chi connectivity index (χ1) is 9.20. The summed E-state index contributed by atoms with van der Waals surface area (Å²) in [7, 11) is 0. The van der Waals surface area contributed by atoms with Gasteiger partial charge >= 0.3 is 0 Å². The van der Waals surface area contributed by atoms with Gasteiger partial charge in [-0.15, -0.1) is 0 Å². The number of likely N-dealkylation sites (tertiary alicyclic amines) is 1. The summed E-state index contributed by atoms with van der Waals surface area (Å²) in [5.41, 5.74) is 2.43. The molecule has 19 heavy (non-hydrogen) atoms. The van der Waals surface area contributed by atoms with E-state index >= 15 is 0 Å². The predicted molar refractivity (Wildman–Crippen MR) is 72.0 cm³/mol. The van der Waals surface area contributed by atoms with Crippen LogP contribution in [0, 0.1) is 6.92 Å². The quantitative estimate of drug-likeness (QED) is 0.858. The molecule has 0 spiro atoms. The normalized spacial score (nSPS) is 19.3. The summed E-state index contributed by atoms with van der Waals surface area (Å²) in [5, 5.41) is 17.2. The Morgan fingerprint density at radius 3 is 3.21 bits per heavy atom. The summed E-state index contributed by atoms with van der Waals surface area (Å²) in [6.07, 6.45) is 1.81. The van der Waals surface area contributed by atoms with Crippen molar-refractivity contribution in [1.29, 1.82) is 0 Å². The van der Waals surface area contributed by atoms with E-state index in [1.54, 1.807) is 4.90 Å². The first-order valence-corrected chi connectivity index (χ1v) is 6.57. The van der Waals surface area contributed by atoms with Gasteiger partial charge in [0.1, 0.15) is 0 Å². The summed E-state index contributed by atoms with van der Waals surface area (Å²) < 4.78 is 0. The van der Waals surface area contributed by atoms with Gasteiger partial charge in [0.2, 0.25) is 0 Å². The van der Waals surface area contributed by atoms with Gasteiger partial charge in [-0.1, -0.05) is 11.6 Å². The highest BCUT2D eigenvalue weighted by Gasteiger charge is 2.30. The van der Waals surface area contributed by atoms with Crippen LogP contribution in [0.2, 0.25) is 0 Å². The second kappa shape index (κ2) is 4.66. The Morgan fingerprint density at radius 2 is 2.42 bits per heavy atom. The highest BCUT2D eigenvalue weighted by atomic mass is 16.3. The molecule has 2 aromatic rings. The second-order valence-electron chi connectivity index (χ2n) is 5.10. The lowest BCUT2D eigenvalue weighted by Crippen LogP contribution is -2.37. The van der Waals surface area contributed by atoms with Gasteiger partial charge in [0, 0.05) is 11.9 Å². The summed E-state index contributed by atoms with van der Waals surface area (Å²) in [5.74, 6) is -0.0894. The van der Waals surface area contributed by atoms with Crippen LogP contribution in [-0.4, -0.2) is 45.3 Å². The minimum Gasteiger partial charge on any atom is -0.394 e. The molecule has 100 valence electrons. The molecule has 0 unspecified atom stereocenters. The fourth-order valence-corrected chi connectivity index (χ4v) is 2.72. The van der Waals surface area contributed by atoms with Crippen LogP contribution < -0.4 is 0 Å². The number of amides is 1. The molecule has 2 heterocycles. The van der Waals surface area contributed by atoms with Crippen LogP contribution in [0.4, 0.5) is 0 Å². The molecule has 1 atom stereocenters. The van der Waals surface area contributed by atoms with Crippen LogP contribution in [0.15, 0.2) is 18.2 Å². The Balaban J connectivity index is 1.99. The number of aromatic nitrogens is 2. The molecule has 0 saturated carbocycles. The van der Waals surface area contributed by atoms with E-state index in [4.69, 9.17) is 0 Å².